The number of aryl methyl sites for hydroxylation is 2. The van der Waals surface area contributed by atoms with E-state index in [4.69, 9.17) is 9.97 Å². The molecule has 0 bridgehead atoms. The smallest absolute Gasteiger partial charge is 0.124 e. The fourth-order valence-electron chi connectivity index (χ4n) is 5.52. The molecule has 2 unspecified atom stereocenters. The Morgan fingerprint density at radius 1 is 1.10 bits per heavy atom. The first-order chi connectivity index (χ1) is 14.7. The lowest BCUT2D eigenvalue weighted by Gasteiger charge is -2.44. The fourth-order valence-corrected chi connectivity index (χ4v) is 5.52. The summed E-state index contributed by atoms with van der Waals surface area (Å²) in [5.74, 6) is 1.94. The lowest BCUT2D eigenvalue weighted by atomic mass is 9.77. The number of benzene rings is 1. The number of hydrogen-bond donors (Lipinski definition) is 0. The van der Waals surface area contributed by atoms with Crippen molar-refractivity contribution in [1.82, 2.24) is 24.3 Å². The number of nitrogens with zero attached hydrogens (tertiary/aromatic N) is 5. The Labute approximate surface area is 179 Å². The molecule has 1 fully saturated rings. The van der Waals surface area contributed by atoms with E-state index in [0.717, 1.165) is 44.0 Å². The van der Waals surface area contributed by atoms with Gasteiger partial charge in [0.1, 0.15) is 5.82 Å². The highest BCUT2D eigenvalue weighted by atomic mass is 15.2. The van der Waals surface area contributed by atoms with Crippen LogP contribution in [0.2, 0.25) is 0 Å². The van der Waals surface area contributed by atoms with Gasteiger partial charge in [0.25, 0.3) is 0 Å². The van der Waals surface area contributed by atoms with E-state index in [2.05, 4.69) is 64.9 Å². The van der Waals surface area contributed by atoms with Crippen molar-refractivity contribution >= 4 is 11.0 Å². The van der Waals surface area contributed by atoms with Crippen LogP contribution in [-0.4, -0.2) is 51.5 Å². The molecule has 2 atom stereocenters. The maximum absolute atomic E-state index is 5.09. The van der Waals surface area contributed by atoms with E-state index in [-0.39, 0.29) is 0 Å². The minimum Gasteiger partial charge on any atom is -0.327 e. The molecule has 30 heavy (non-hydrogen) atoms. The van der Waals surface area contributed by atoms with E-state index in [0.29, 0.717) is 6.04 Å². The molecule has 0 spiro atoms. The largest absolute Gasteiger partial charge is 0.327 e. The lowest BCUT2D eigenvalue weighted by molar-refractivity contribution is 0.0664. The van der Waals surface area contributed by atoms with Crippen molar-refractivity contribution in [2.45, 2.75) is 51.2 Å². The monoisotopic (exact) mass is 403 g/mol. The van der Waals surface area contributed by atoms with Gasteiger partial charge in [-0.15, -0.1) is 0 Å². The summed E-state index contributed by atoms with van der Waals surface area (Å²) in [6.45, 7) is 4.16. The van der Waals surface area contributed by atoms with Gasteiger partial charge < -0.3 is 9.47 Å². The predicted molar refractivity (Wildman–Crippen MR) is 121 cm³/mol. The highest BCUT2D eigenvalue weighted by Gasteiger charge is 2.38. The molecule has 3 aromatic rings. The van der Waals surface area contributed by atoms with E-state index >= 15 is 0 Å². The van der Waals surface area contributed by atoms with E-state index in [1.54, 1.807) is 0 Å². The Bertz CT molecular complexity index is 1010. The minimum absolute atomic E-state index is 0.443. The summed E-state index contributed by atoms with van der Waals surface area (Å²) in [5, 5.41) is 0. The van der Waals surface area contributed by atoms with Gasteiger partial charge in [0, 0.05) is 12.7 Å². The molecule has 1 aromatic carbocycles. The quantitative estimate of drug-likeness (QED) is 0.616. The number of imidazole rings is 1. The van der Waals surface area contributed by atoms with Crippen molar-refractivity contribution < 1.29 is 0 Å². The zero-order valence-electron chi connectivity index (χ0n) is 18.3. The third-order valence-electron chi connectivity index (χ3n) is 6.92. The number of fused-ring (bicyclic) bond motifs is 4. The van der Waals surface area contributed by atoms with E-state index in [9.17, 15) is 0 Å². The Morgan fingerprint density at radius 2 is 2.00 bits per heavy atom. The van der Waals surface area contributed by atoms with Gasteiger partial charge in [-0.05, 0) is 89.0 Å². The molecule has 158 valence electrons. The van der Waals surface area contributed by atoms with E-state index in [1.165, 1.54) is 48.3 Å². The molecule has 1 saturated heterocycles. The molecule has 0 saturated carbocycles. The van der Waals surface area contributed by atoms with Crippen molar-refractivity contribution in [3.8, 4) is 0 Å². The number of pyridine rings is 1. The topological polar surface area (TPSA) is 37.2 Å². The molecule has 5 nitrogen and oxygen atoms in total. The Kier molecular flexibility index (Phi) is 5.57. The van der Waals surface area contributed by atoms with Crippen LogP contribution in [0.3, 0.4) is 0 Å². The zero-order valence-corrected chi connectivity index (χ0v) is 18.3. The number of hydrogen-bond acceptors (Lipinski definition) is 4. The van der Waals surface area contributed by atoms with Crippen molar-refractivity contribution in [2.24, 2.45) is 5.92 Å². The highest BCUT2D eigenvalue weighted by molar-refractivity contribution is 5.75. The minimum atomic E-state index is 0.443. The molecule has 0 N–H and O–H groups in total. The van der Waals surface area contributed by atoms with Gasteiger partial charge in [0.05, 0.1) is 29.3 Å². The van der Waals surface area contributed by atoms with E-state index in [1.807, 2.05) is 6.20 Å². The first kappa shape index (κ1) is 19.7. The molecule has 1 aliphatic heterocycles. The van der Waals surface area contributed by atoms with Crippen molar-refractivity contribution in [3.05, 3.63) is 59.7 Å². The van der Waals surface area contributed by atoms with Crippen LogP contribution >= 0.6 is 0 Å². The van der Waals surface area contributed by atoms with Crippen LogP contribution in [0.25, 0.3) is 11.0 Å². The molecule has 2 aromatic heterocycles. The normalized spacial score (nSPS) is 21.7. The average molecular weight is 404 g/mol. The predicted octanol–water partition coefficient (Wildman–Crippen LogP) is 4.28. The molecule has 5 rings (SSSR count). The maximum Gasteiger partial charge on any atom is 0.124 e. The van der Waals surface area contributed by atoms with Gasteiger partial charge in [-0.1, -0.05) is 18.2 Å². The Balaban J connectivity index is 1.46. The van der Waals surface area contributed by atoms with Crippen molar-refractivity contribution in [2.75, 3.05) is 27.2 Å². The molecule has 2 aliphatic rings. The van der Waals surface area contributed by atoms with Crippen LogP contribution in [0.4, 0.5) is 0 Å². The van der Waals surface area contributed by atoms with Gasteiger partial charge >= 0.3 is 0 Å². The van der Waals surface area contributed by atoms with Crippen molar-refractivity contribution in [3.63, 3.8) is 0 Å². The second-order valence-electron chi connectivity index (χ2n) is 9.23. The van der Waals surface area contributed by atoms with Gasteiger partial charge in [-0.3, -0.25) is 9.88 Å². The Morgan fingerprint density at radius 3 is 2.90 bits per heavy atom. The summed E-state index contributed by atoms with van der Waals surface area (Å²) < 4.78 is 2.46. The molecular formula is C25H33N5. The summed E-state index contributed by atoms with van der Waals surface area (Å²) in [5.41, 5.74) is 5.16. The first-order valence-corrected chi connectivity index (χ1v) is 11.5. The molecule has 5 heteroatoms. The SMILES string of the molecule is CN(C)CCCn1c(CN2CCCC3CCc4cccnc4C32)nc2ccccc21. The summed E-state index contributed by atoms with van der Waals surface area (Å²) in [4.78, 5) is 14.9. The fraction of sp³-hybridized carbons (Fsp3) is 0.520. The van der Waals surface area contributed by atoms with E-state index < -0.39 is 0 Å². The summed E-state index contributed by atoms with van der Waals surface area (Å²) in [6.07, 6.45) is 8.20. The summed E-state index contributed by atoms with van der Waals surface area (Å²) >= 11 is 0. The average Bonchev–Trinajstić information content (AvgIpc) is 3.10. The Hall–Kier alpha value is -2.24. The molecule has 0 amide bonds. The van der Waals surface area contributed by atoms with Crippen molar-refractivity contribution in [1.29, 1.82) is 0 Å². The number of rotatable bonds is 6. The highest BCUT2D eigenvalue weighted by Crippen LogP contribution is 2.43. The van der Waals surface area contributed by atoms with Crippen LogP contribution in [0.15, 0.2) is 42.6 Å². The van der Waals surface area contributed by atoms with Gasteiger partial charge in [0.15, 0.2) is 0 Å². The third kappa shape index (κ3) is 3.77. The second kappa shape index (κ2) is 8.48. The van der Waals surface area contributed by atoms with Crippen LogP contribution in [-0.2, 0) is 19.5 Å². The van der Waals surface area contributed by atoms with Crippen LogP contribution in [0.1, 0.15) is 48.8 Å². The van der Waals surface area contributed by atoms with Crippen LogP contribution < -0.4 is 0 Å². The molecule has 0 radical (unpaired) electrons. The summed E-state index contributed by atoms with van der Waals surface area (Å²) in [7, 11) is 4.29. The lowest BCUT2D eigenvalue weighted by Crippen LogP contribution is -2.41. The standard InChI is InChI=1S/C25H33N5/c1-28(2)15-7-17-30-22-11-4-3-10-21(22)27-23(30)18-29-16-6-9-20-13-12-19-8-5-14-26-24(19)25(20)29/h3-5,8,10-11,14,20,25H,6-7,9,12-13,15-18H2,1-2H3. The number of likely N-dealkylation sites (tertiary alicyclic amines) is 1. The number of piperidine rings is 1. The van der Waals surface area contributed by atoms with Gasteiger partial charge in [0.2, 0.25) is 0 Å². The molecule has 3 heterocycles. The molecular weight excluding hydrogens is 370 g/mol. The second-order valence-corrected chi connectivity index (χ2v) is 9.23. The zero-order chi connectivity index (χ0) is 20.5. The van der Waals surface area contributed by atoms with Crippen LogP contribution in [0, 0.1) is 5.92 Å². The van der Waals surface area contributed by atoms with Gasteiger partial charge in [-0.25, -0.2) is 4.98 Å². The number of aromatic nitrogens is 3. The van der Waals surface area contributed by atoms with Gasteiger partial charge in [-0.2, -0.15) is 0 Å². The summed E-state index contributed by atoms with van der Waals surface area (Å²) in [6, 6.07) is 13.4. The third-order valence-corrected chi connectivity index (χ3v) is 6.92. The maximum atomic E-state index is 5.09. The van der Waals surface area contributed by atoms with Crippen LogP contribution in [0.5, 0.6) is 0 Å². The molecule has 1 aliphatic carbocycles. The first-order valence-electron chi connectivity index (χ1n) is 11.5. The number of para-hydroxylation sites is 2.